The second-order valence-electron chi connectivity index (χ2n) is 3.34. The Morgan fingerprint density at radius 1 is 1.25 bits per heavy atom. The average Bonchev–Trinajstić information content (AvgIpc) is 2.24. The molecular weight excluding hydrogens is 230 g/mol. The van der Waals surface area contributed by atoms with Gasteiger partial charge in [0, 0.05) is 26.6 Å². The Balaban J connectivity index is 0. The van der Waals surface area contributed by atoms with Crippen molar-refractivity contribution in [3.63, 3.8) is 0 Å². The first-order valence-electron chi connectivity index (χ1n) is 5.28. The Labute approximate surface area is 103 Å². The Morgan fingerprint density at radius 3 is 2.31 bits per heavy atom. The number of amides is 2. The lowest BCUT2D eigenvalue weighted by molar-refractivity contribution is -0.135. The first kappa shape index (κ1) is 17.6. The van der Waals surface area contributed by atoms with Crippen molar-refractivity contribution in [1.82, 2.24) is 15.5 Å². The third kappa shape index (κ3) is 7.48. The highest BCUT2D eigenvalue weighted by molar-refractivity contribution is 5.85. The van der Waals surface area contributed by atoms with E-state index >= 15 is 0 Å². The molecule has 5 nitrogen and oxygen atoms in total. The number of carbonyl (C=O) groups excluding carboxylic acids is 2. The summed E-state index contributed by atoms with van der Waals surface area (Å²) in [6.07, 6.45) is 1.30. The molecule has 0 spiro atoms. The maximum absolute atomic E-state index is 11.6. The topological polar surface area (TPSA) is 61.4 Å². The van der Waals surface area contributed by atoms with Gasteiger partial charge in [0.2, 0.25) is 11.8 Å². The van der Waals surface area contributed by atoms with Crippen LogP contribution in [0.15, 0.2) is 0 Å². The normalized spacial score (nSPS) is 9.19. The van der Waals surface area contributed by atoms with Crippen LogP contribution in [0.2, 0.25) is 0 Å². The maximum Gasteiger partial charge on any atom is 0.239 e. The van der Waals surface area contributed by atoms with Gasteiger partial charge in [-0.15, -0.1) is 12.4 Å². The van der Waals surface area contributed by atoms with Crippen LogP contribution in [0, 0.1) is 0 Å². The summed E-state index contributed by atoms with van der Waals surface area (Å²) in [7, 11) is 3.38. The number of likely N-dealkylation sites (N-methyl/N-ethyl adjacent to an activating group) is 1. The quantitative estimate of drug-likeness (QED) is 0.670. The summed E-state index contributed by atoms with van der Waals surface area (Å²) in [6, 6.07) is 0. The minimum Gasteiger partial charge on any atom is -0.358 e. The van der Waals surface area contributed by atoms with Crippen LogP contribution < -0.4 is 10.6 Å². The lowest BCUT2D eigenvalue weighted by Gasteiger charge is -2.21. The molecule has 0 atom stereocenters. The van der Waals surface area contributed by atoms with Crippen LogP contribution in [0.5, 0.6) is 0 Å². The van der Waals surface area contributed by atoms with Gasteiger partial charge in [0.25, 0.3) is 0 Å². The Morgan fingerprint density at radius 2 is 1.88 bits per heavy atom. The Kier molecular flexibility index (Phi) is 11.8. The molecule has 0 rings (SSSR count). The first-order chi connectivity index (χ1) is 7.15. The number of halogens is 1. The number of rotatable bonds is 7. The molecular formula is C10H22ClN3O2. The zero-order valence-electron chi connectivity index (χ0n) is 10.2. The number of nitrogens with one attached hydrogen (secondary N) is 2. The molecule has 0 saturated heterocycles. The van der Waals surface area contributed by atoms with Crippen molar-refractivity contribution in [2.24, 2.45) is 0 Å². The number of hydrogen-bond donors (Lipinski definition) is 2. The summed E-state index contributed by atoms with van der Waals surface area (Å²) in [6.45, 7) is 3.43. The first-order valence-corrected chi connectivity index (χ1v) is 5.28. The maximum atomic E-state index is 11.6. The second-order valence-corrected chi connectivity index (χ2v) is 3.34. The van der Waals surface area contributed by atoms with Gasteiger partial charge in [-0.25, -0.2) is 0 Å². The van der Waals surface area contributed by atoms with E-state index in [9.17, 15) is 9.59 Å². The highest BCUT2D eigenvalue weighted by Crippen LogP contribution is 1.96. The van der Waals surface area contributed by atoms with Crippen LogP contribution in [0.1, 0.15) is 19.8 Å². The smallest absolute Gasteiger partial charge is 0.239 e. The molecule has 0 aliphatic rings. The summed E-state index contributed by atoms with van der Waals surface area (Å²) < 4.78 is 0. The zero-order chi connectivity index (χ0) is 11.7. The predicted octanol–water partition coefficient (Wildman–Crippen LogP) is 0.00230. The minimum absolute atomic E-state index is 0. The van der Waals surface area contributed by atoms with Gasteiger partial charge in [0.1, 0.15) is 0 Å². The zero-order valence-corrected chi connectivity index (χ0v) is 11.0. The molecule has 16 heavy (non-hydrogen) atoms. The largest absolute Gasteiger partial charge is 0.358 e. The van der Waals surface area contributed by atoms with Crippen LogP contribution in [0.3, 0.4) is 0 Å². The highest BCUT2D eigenvalue weighted by atomic mass is 35.5. The van der Waals surface area contributed by atoms with E-state index in [1.54, 1.807) is 19.0 Å². The molecule has 0 bridgehead atoms. The van der Waals surface area contributed by atoms with Crippen molar-refractivity contribution in [2.45, 2.75) is 19.8 Å². The molecule has 2 N–H and O–H groups in total. The Bertz CT molecular complexity index is 212. The third-order valence-corrected chi connectivity index (χ3v) is 2.05. The highest BCUT2D eigenvalue weighted by Gasteiger charge is 2.14. The van der Waals surface area contributed by atoms with Crippen LogP contribution in [0.25, 0.3) is 0 Å². The summed E-state index contributed by atoms with van der Waals surface area (Å²) in [5.74, 6) is -0.101. The molecule has 2 amide bonds. The standard InChI is InChI=1S/C10H21N3O2.ClH/c1-4-7-13(8-9(14)12-3)10(15)5-6-11-2;/h11H,4-8H2,1-3H3,(H,12,14);1H. The van der Waals surface area contributed by atoms with Gasteiger partial charge in [0.15, 0.2) is 0 Å². The van der Waals surface area contributed by atoms with E-state index in [1.165, 1.54) is 0 Å². The van der Waals surface area contributed by atoms with Gasteiger partial charge >= 0.3 is 0 Å². The summed E-state index contributed by atoms with van der Waals surface area (Å²) in [5.41, 5.74) is 0. The summed E-state index contributed by atoms with van der Waals surface area (Å²) in [5, 5.41) is 5.43. The molecule has 0 heterocycles. The van der Waals surface area contributed by atoms with Crippen molar-refractivity contribution in [3.8, 4) is 0 Å². The van der Waals surface area contributed by atoms with E-state index in [4.69, 9.17) is 0 Å². The molecule has 0 aromatic carbocycles. The SMILES string of the molecule is CCCN(CC(=O)NC)C(=O)CCNC.Cl. The predicted molar refractivity (Wildman–Crippen MR) is 66.7 cm³/mol. The van der Waals surface area contributed by atoms with E-state index in [0.717, 1.165) is 6.42 Å². The fourth-order valence-corrected chi connectivity index (χ4v) is 1.20. The van der Waals surface area contributed by atoms with Gasteiger partial charge in [-0.3, -0.25) is 9.59 Å². The number of carbonyl (C=O) groups is 2. The van der Waals surface area contributed by atoms with E-state index in [0.29, 0.717) is 19.5 Å². The van der Waals surface area contributed by atoms with E-state index < -0.39 is 0 Å². The van der Waals surface area contributed by atoms with Gasteiger partial charge in [-0.05, 0) is 13.5 Å². The lowest BCUT2D eigenvalue weighted by Crippen LogP contribution is -2.40. The average molecular weight is 252 g/mol. The van der Waals surface area contributed by atoms with Crippen LogP contribution in [-0.2, 0) is 9.59 Å². The number of hydrogen-bond acceptors (Lipinski definition) is 3. The summed E-state index contributed by atoms with van der Waals surface area (Å²) in [4.78, 5) is 24.4. The van der Waals surface area contributed by atoms with Crippen LogP contribution in [-0.4, -0.2) is 50.4 Å². The summed E-state index contributed by atoms with van der Waals surface area (Å²) >= 11 is 0. The van der Waals surface area contributed by atoms with E-state index in [-0.39, 0.29) is 30.8 Å². The van der Waals surface area contributed by atoms with E-state index in [2.05, 4.69) is 10.6 Å². The molecule has 6 heteroatoms. The fourth-order valence-electron chi connectivity index (χ4n) is 1.20. The van der Waals surface area contributed by atoms with Crippen molar-refractivity contribution in [2.75, 3.05) is 33.7 Å². The van der Waals surface area contributed by atoms with E-state index in [1.807, 2.05) is 6.92 Å². The van der Waals surface area contributed by atoms with Crippen molar-refractivity contribution < 1.29 is 9.59 Å². The van der Waals surface area contributed by atoms with Crippen molar-refractivity contribution >= 4 is 24.2 Å². The van der Waals surface area contributed by atoms with Crippen LogP contribution >= 0.6 is 12.4 Å². The monoisotopic (exact) mass is 251 g/mol. The molecule has 0 aromatic heterocycles. The lowest BCUT2D eigenvalue weighted by atomic mass is 10.3. The molecule has 96 valence electrons. The van der Waals surface area contributed by atoms with Gasteiger partial charge < -0.3 is 15.5 Å². The van der Waals surface area contributed by atoms with Crippen LogP contribution in [0.4, 0.5) is 0 Å². The third-order valence-electron chi connectivity index (χ3n) is 2.05. The Hall–Kier alpha value is -0.810. The fraction of sp³-hybridized carbons (Fsp3) is 0.800. The second kappa shape index (κ2) is 10.7. The molecule has 0 aromatic rings. The molecule has 0 fully saturated rings. The minimum atomic E-state index is -0.124. The van der Waals surface area contributed by atoms with Gasteiger partial charge in [-0.2, -0.15) is 0 Å². The van der Waals surface area contributed by atoms with Gasteiger partial charge in [-0.1, -0.05) is 6.92 Å². The number of nitrogens with zero attached hydrogens (tertiary/aromatic N) is 1. The van der Waals surface area contributed by atoms with Gasteiger partial charge in [0.05, 0.1) is 6.54 Å². The molecule has 0 saturated carbocycles. The molecule has 0 aliphatic heterocycles. The van der Waals surface area contributed by atoms with Crippen molar-refractivity contribution in [3.05, 3.63) is 0 Å². The van der Waals surface area contributed by atoms with Crippen molar-refractivity contribution in [1.29, 1.82) is 0 Å². The molecule has 0 unspecified atom stereocenters. The molecule has 0 radical (unpaired) electrons. The molecule has 0 aliphatic carbocycles.